The molecule has 5 heteroatoms. The van der Waals surface area contributed by atoms with Crippen molar-refractivity contribution in [3.63, 3.8) is 0 Å². The summed E-state index contributed by atoms with van der Waals surface area (Å²) >= 11 is 0. The third-order valence-corrected chi connectivity index (χ3v) is 3.86. The molecule has 0 bridgehead atoms. The first kappa shape index (κ1) is 17.0. The summed E-state index contributed by atoms with van der Waals surface area (Å²) < 4.78 is 0. The Morgan fingerprint density at radius 2 is 1.75 bits per heavy atom. The second kappa shape index (κ2) is 8.95. The minimum atomic E-state index is -0.771. The molecule has 20 heavy (non-hydrogen) atoms. The molecule has 1 fully saturated rings. The molecule has 1 rings (SSSR count). The highest BCUT2D eigenvalue weighted by atomic mass is 16.4. The minimum Gasteiger partial charge on any atom is -0.481 e. The van der Waals surface area contributed by atoms with Gasteiger partial charge in [0.25, 0.3) is 0 Å². The first-order valence-corrected chi connectivity index (χ1v) is 7.74. The largest absolute Gasteiger partial charge is 0.481 e. The fourth-order valence-corrected chi connectivity index (χ4v) is 2.55. The average molecular weight is 284 g/mol. The molecule has 0 spiro atoms. The predicted octanol–water partition coefficient (Wildman–Crippen LogP) is 1.96. The van der Waals surface area contributed by atoms with E-state index in [9.17, 15) is 9.59 Å². The molecule has 1 amide bonds. The van der Waals surface area contributed by atoms with Crippen LogP contribution in [-0.4, -0.2) is 59.0 Å². The molecule has 0 aromatic rings. The maximum atomic E-state index is 12.3. The molecule has 0 aromatic heterocycles. The van der Waals surface area contributed by atoms with Crippen molar-refractivity contribution in [3.05, 3.63) is 0 Å². The number of rotatable bonds is 7. The number of carbonyl (C=O) groups is 2. The number of likely N-dealkylation sites (tertiary alicyclic amines) is 1. The van der Waals surface area contributed by atoms with Gasteiger partial charge in [0, 0.05) is 25.6 Å². The Morgan fingerprint density at radius 1 is 1.15 bits per heavy atom. The fourth-order valence-electron chi connectivity index (χ4n) is 2.55. The van der Waals surface area contributed by atoms with Crippen molar-refractivity contribution in [2.24, 2.45) is 0 Å². The maximum absolute atomic E-state index is 12.3. The van der Waals surface area contributed by atoms with E-state index in [-0.39, 0.29) is 18.4 Å². The summed E-state index contributed by atoms with van der Waals surface area (Å²) in [4.78, 5) is 26.9. The molecule has 0 radical (unpaired) electrons. The molecule has 1 heterocycles. The molecule has 0 atom stereocenters. The number of hydrogen-bond donors (Lipinski definition) is 1. The lowest BCUT2D eigenvalue weighted by Gasteiger charge is -2.29. The third-order valence-electron chi connectivity index (χ3n) is 3.86. The second-order valence-electron chi connectivity index (χ2n) is 5.86. The molecule has 1 saturated heterocycles. The molecule has 0 aliphatic carbocycles. The standard InChI is InChI=1S/C15H28N2O3/c1-13(2)17(11-7-8-15(19)20)12-14(18)16-9-5-3-4-6-10-16/h13H,3-12H2,1-2H3,(H,19,20). The highest BCUT2D eigenvalue weighted by molar-refractivity contribution is 5.78. The number of carboxylic acid groups (broad SMARTS) is 1. The van der Waals surface area contributed by atoms with Crippen molar-refractivity contribution in [1.82, 2.24) is 9.80 Å². The quantitative estimate of drug-likeness (QED) is 0.776. The molecule has 116 valence electrons. The third kappa shape index (κ3) is 6.37. The van der Waals surface area contributed by atoms with Crippen LogP contribution in [0.3, 0.4) is 0 Å². The van der Waals surface area contributed by atoms with Crippen LogP contribution in [0.2, 0.25) is 0 Å². The van der Waals surface area contributed by atoms with Crippen LogP contribution in [0.25, 0.3) is 0 Å². The maximum Gasteiger partial charge on any atom is 0.303 e. The Kier molecular flexibility index (Phi) is 7.59. The van der Waals surface area contributed by atoms with E-state index in [0.29, 0.717) is 19.5 Å². The Balaban J connectivity index is 2.42. The van der Waals surface area contributed by atoms with E-state index in [2.05, 4.69) is 18.7 Å². The molecule has 1 aliphatic heterocycles. The molecule has 5 nitrogen and oxygen atoms in total. The SMILES string of the molecule is CC(C)N(CCCC(=O)O)CC(=O)N1CCCCCC1. The Hall–Kier alpha value is -1.10. The highest BCUT2D eigenvalue weighted by Gasteiger charge is 2.20. The topological polar surface area (TPSA) is 60.9 Å². The molecular formula is C15H28N2O3. The molecule has 0 unspecified atom stereocenters. The lowest BCUT2D eigenvalue weighted by atomic mass is 10.2. The zero-order valence-corrected chi connectivity index (χ0v) is 12.8. The lowest BCUT2D eigenvalue weighted by molar-refractivity contribution is -0.137. The van der Waals surface area contributed by atoms with Gasteiger partial charge in [-0.05, 0) is 39.7 Å². The second-order valence-corrected chi connectivity index (χ2v) is 5.86. The van der Waals surface area contributed by atoms with Crippen molar-refractivity contribution < 1.29 is 14.7 Å². The Bertz CT molecular complexity index is 310. The van der Waals surface area contributed by atoms with Gasteiger partial charge in [-0.2, -0.15) is 0 Å². The van der Waals surface area contributed by atoms with Gasteiger partial charge in [-0.25, -0.2) is 0 Å². The van der Waals surface area contributed by atoms with Crippen molar-refractivity contribution >= 4 is 11.9 Å². The fraction of sp³-hybridized carbons (Fsp3) is 0.867. The van der Waals surface area contributed by atoms with Crippen LogP contribution >= 0.6 is 0 Å². The van der Waals surface area contributed by atoms with Crippen LogP contribution in [0.4, 0.5) is 0 Å². The van der Waals surface area contributed by atoms with Crippen molar-refractivity contribution in [1.29, 1.82) is 0 Å². The van der Waals surface area contributed by atoms with E-state index in [4.69, 9.17) is 5.11 Å². The van der Waals surface area contributed by atoms with Crippen LogP contribution in [0, 0.1) is 0 Å². The number of nitrogens with zero attached hydrogens (tertiary/aromatic N) is 2. The Labute approximate surface area is 121 Å². The summed E-state index contributed by atoms with van der Waals surface area (Å²) in [5.74, 6) is -0.580. The van der Waals surface area contributed by atoms with Crippen LogP contribution < -0.4 is 0 Å². The lowest BCUT2D eigenvalue weighted by Crippen LogP contribution is -2.43. The zero-order chi connectivity index (χ0) is 15.0. The first-order chi connectivity index (χ1) is 9.50. The summed E-state index contributed by atoms with van der Waals surface area (Å²) in [5.41, 5.74) is 0. The molecular weight excluding hydrogens is 256 g/mol. The minimum absolute atomic E-state index is 0.168. The summed E-state index contributed by atoms with van der Waals surface area (Å²) in [5, 5.41) is 8.69. The number of aliphatic carboxylic acids is 1. The Morgan fingerprint density at radius 3 is 2.25 bits per heavy atom. The number of hydrogen-bond acceptors (Lipinski definition) is 3. The van der Waals surface area contributed by atoms with Gasteiger partial charge >= 0.3 is 5.97 Å². The van der Waals surface area contributed by atoms with Gasteiger partial charge in [0.2, 0.25) is 5.91 Å². The predicted molar refractivity (Wildman–Crippen MR) is 78.6 cm³/mol. The van der Waals surface area contributed by atoms with E-state index < -0.39 is 5.97 Å². The molecule has 1 aliphatic rings. The van der Waals surface area contributed by atoms with E-state index in [1.54, 1.807) is 0 Å². The van der Waals surface area contributed by atoms with E-state index in [1.807, 2.05) is 4.90 Å². The van der Waals surface area contributed by atoms with Crippen LogP contribution in [0.15, 0.2) is 0 Å². The van der Waals surface area contributed by atoms with Gasteiger partial charge in [-0.1, -0.05) is 12.8 Å². The van der Waals surface area contributed by atoms with Gasteiger partial charge in [0.05, 0.1) is 6.54 Å². The number of amides is 1. The van der Waals surface area contributed by atoms with E-state index in [1.165, 1.54) is 12.8 Å². The van der Waals surface area contributed by atoms with Gasteiger partial charge in [-0.3, -0.25) is 14.5 Å². The van der Waals surface area contributed by atoms with Gasteiger partial charge in [0.15, 0.2) is 0 Å². The van der Waals surface area contributed by atoms with E-state index >= 15 is 0 Å². The summed E-state index contributed by atoms with van der Waals surface area (Å²) in [7, 11) is 0. The van der Waals surface area contributed by atoms with Crippen LogP contribution in [-0.2, 0) is 9.59 Å². The number of carbonyl (C=O) groups excluding carboxylic acids is 1. The summed E-state index contributed by atoms with van der Waals surface area (Å²) in [6.07, 6.45) is 5.41. The highest BCUT2D eigenvalue weighted by Crippen LogP contribution is 2.11. The first-order valence-electron chi connectivity index (χ1n) is 7.74. The molecule has 0 aromatic carbocycles. The normalized spacial score (nSPS) is 16.5. The van der Waals surface area contributed by atoms with Gasteiger partial charge in [0.1, 0.15) is 0 Å². The van der Waals surface area contributed by atoms with Crippen LogP contribution in [0.1, 0.15) is 52.4 Å². The van der Waals surface area contributed by atoms with Crippen molar-refractivity contribution in [3.8, 4) is 0 Å². The summed E-state index contributed by atoms with van der Waals surface area (Å²) in [6, 6.07) is 0.264. The average Bonchev–Trinajstić information content (AvgIpc) is 2.65. The number of carboxylic acids is 1. The van der Waals surface area contributed by atoms with Crippen molar-refractivity contribution in [2.75, 3.05) is 26.2 Å². The zero-order valence-electron chi connectivity index (χ0n) is 12.8. The van der Waals surface area contributed by atoms with E-state index in [0.717, 1.165) is 25.9 Å². The molecule has 1 N–H and O–H groups in total. The summed E-state index contributed by atoms with van der Waals surface area (Å²) in [6.45, 7) is 6.94. The van der Waals surface area contributed by atoms with Crippen molar-refractivity contribution in [2.45, 2.75) is 58.4 Å². The van der Waals surface area contributed by atoms with Gasteiger partial charge in [-0.15, -0.1) is 0 Å². The van der Waals surface area contributed by atoms with Gasteiger partial charge < -0.3 is 10.0 Å². The van der Waals surface area contributed by atoms with Crippen LogP contribution in [0.5, 0.6) is 0 Å². The smallest absolute Gasteiger partial charge is 0.303 e. The molecule has 0 saturated carbocycles. The monoisotopic (exact) mass is 284 g/mol.